The third-order valence-corrected chi connectivity index (χ3v) is 3.70. The number of tetrazole rings is 1. The van der Waals surface area contributed by atoms with Crippen LogP contribution in [0.4, 0.5) is 0 Å². The molecule has 100 valence electrons. The van der Waals surface area contributed by atoms with Crippen molar-refractivity contribution in [2.24, 2.45) is 0 Å². The monoisotopic (exact) mass is 254 g/mol. The van der Waals surface area contributed by atoms with Crippen molar-refractivity contribution in [3.8, 4) is 0 Å². The number of ether oxygens (including phenoxy) is 1. The summed E-state index contributed by atoms with van der Waals surface area (Å²) in [5.41, 5.74) is -1.09. The van der Waals surface area contributed by atoms with Crippen molar-refractivity contribution in [3.05, 3.63) is 5.82 Å². The highest BCUT2D eigenvalue weighted by atomic mass is 16.5. The van der Waals surface area contributed by atoms with Crippen LogP contribution in [0.15, 0.2) is 0 Å². The highest BCUT2D eigenvalue weighted by Gasteiger charge is 2.38. The Morgan fingerprint density at radius 1 is 1.56 bits per heavy atom. The summed E-state index contributed by atoms with van der Waals surface area (Å²) < 4.78 is 6.77. The number of carbonyl (C=O) groups is 1. The van der Waals surface area contributed by atoms with E-state index in [-0.39, 0.29) is 5.92 Å². The maximum Gasteiger partial charge on any atom is 0.331 e. The van der Waals surface area contributed by atoms with Gasteiger partial charge in [-0.05, 0) is 36.6 Å². The highest BCUT2D eigenvalue weighted by molar-refractivity contribution is 5.76. The Labute approximate surface area is 105 Å². The van der Waals surface area contributed by atoms with Crippen molar-refractivity contribution in [1.82, 2.24) is 20.2 Å². The molecule has 1 aliphatic rings. The van der Waals surface area contributed by atoms with Gasteiger partial charge in [0.2, 0.25) is 0 Å². The molecule has 0 spiro atoms. The van der Waals surface area contributed by atoms with Crippen LogP contribution in [0.2, 0.25) is 0 Å². The van der Waals surface area contributed by atoms with Crippen LogP contribution in [0.25, 0.3) is 0 Å². The third-order valence-electron chi connectivity index (χ3n) is 3.70. The van der Waals surface area contributed by atoms with E-state index in [1.807, 2.05) is 6.92 Å². The fraction of sp³-hybridized carbons (Fsp3) is 0.818. The van der Waals surface area contributed by atoms with Crippen molar-refractivity contribution >= 4 is 5.97 Å². The van der Waals surface area contributed by atoms with E-state index in [1.165, 1.54) is 4.68 Å². The zero-order valence-electron chi connectivity index (χ0n) is 10.7. The molecule has 1 aromatic rings. The molecule has 7 heteroatoms. The average Bonchev–Trinajstić information content (AvgIpc) is 2.88. The maximum absolute atomic E-state index is 11.4. The predicted molar refractivity (Wildman–Crippen MR) is 62.2 cm³/mol. The number of nitrogens with zero attached hydrogens (tertiary/aromatic N) is 4. The number of hydrogen-bond donors (Lipinski definition) is 1. The van der Waals surface area contributed by atoms with Gasteiger partial charge in [0, 0.05) is 19.1 Å². The van der Waals surface area contributed by atoms with Gasteiger partial charge < -0.3 is 9.84 Å². The largest absolute Gasteiger partial charge is 0.479 e. The summed E-state index contributed by atoms with van der Waals surface area (Å²) >= 11 is 0. The van der Waals surface area contributed by atoms with Crippen molar-refractivity contribution in [2.75, 3.05) is 13.2 Å². The van der Waals surface area contributed by atoms with Crippen LogP contribution < -0.4 is 0 Å². The number of carboxylic acids is 1. The Morgan fingerprint density at radius 3 is 2.78 bits per heavy atom. The van der Waals surface area contributed by atoms with E-state index in [0.717, 1.165) is 12.8 Å². The molecule has 1 unspecified atom stereocenters. The first-order valence-electron chi connectivity index (χ1n) is 6.19. The highest BCUT2D eigenvalue weighted by Crippen LogP contribution is 2.29. The summed E-state index contributed by atoms with van der Waals surface area (Å²) in [4.78, 5) is 11.4. The van der Waals surface area contributed by atoms with E-state index in [1.54, 1.807) is 6.92 Å². The molecule has 18 heavy (non-hydrogen) atoms. The van der Waals surface area contributed by atoms with Gasteiger partial charge in [0.15, 0.2) is 11.4 Å². The number of aromatic nitrogens is 4. The second kappa shape index (κ2) is 5.01. The lowest BCUT2D eigenvalue weighted by Crippen LogP contribution is -2.41. The summed E-state index contributed by atoms with van der Waals surface area (Å²) in [6, 6.07) is 0. The second-order valence-electron chi connectivity index (χ2n) is 4.77. The van der Waals surface area contributed by atoms with Crippen LogP contribution in [0.1, 0.15) is 44.9 Å². The molecule has 2 rings (SSSR count). The molecule has 0 saturated carbocycles. The van der Waals surface area contributed by atoms with Gasteiger partial charge in [0.05, 0.1) is 0 Å². The van der Waals surface area contributed by atoms with E-state index < -0.39 is 11.5 Å². The van der Waals surface area contributed by atoms with Crippen LogP contribution >= 0.6 is 0 Å². The summed E-state index contributed by atoms with van der Waals surface area (Å²) in [6.45, 7) is 4.82. The Morgan fingerprint density at radius 2 is 2.22 bits per heavy atom. The van der Waals surface area contributed by atoms with Gasteiger partial charge in [-0.3, -0.25) is 0 Å². The van der Waals surface area contributed by atoms with Crippen molar-refractivity contribution in [2.45, 2.75) is 44.6 Å². The lowest BCUT2D eigenvalue weighted by Gasteiger charge is -2.27. The molecule has 1 fully saturated rings. The van der Waals surface area contributed by atoms with E-state index in [2.05, 4.69) is 15.5 Å². The Bertz CT molecular complexity index is 428. The van der Waals surface area contributed by atoms with E-state index in [4.69, 9.17) is 4.74 Å². The molecule has 0 radical (unpaired) electrons. The fourth-order valence-electron chi connectivity index (χ4n) is 2.15. The van der Waals surface area contributed by atoms with Gasteiger partial charge in [-0.25, -0.2) is 9.48 Å². The summed E-state index contributed by atoms with van der Waals surface area (Å²) in [7, 11) is 0. The zero-order chi connectivity index (χ0) is 13.2. The first-order chi connectivity index (χ1) is 8.59. The second-order valence-corrected chi connectivity index (χ2v) is 4.77. The van der Waals surface area contributed by atoms with Gasteiger partial charge in [-0.15, -0.1) is 5.10 Å². The first-order valence-corrected chi connectivity index (χ1v) is 6.19. The van der Waals surface area contributed by atoms with Crippen molar-refractivity contribution in [3.63, 3.8) is 0 Å². The Balaban J connectivity index is 2.34. The maximum atomic E-state index is 11.4. The van der Waals surface area contributed by atoms with Crippen LogP contribution in [-0.4, -0.2) is 44.5 Å². The molecule has 0 bridgehead atoms. The number of aliphatic carboxylic acids is 1. The van der Waals surface area contributed by atoms with Gasteiger partial charge in [-0.1, -0.05) is 6.92 Å². The minimum absolute atomic E-state index is 0.180. The lowest BCUT2D eigenvalue weighted by atomic mass is 9.95. The number of carboxylic acid groups (broad SMARTS) is 1. The number of hydrogen-bond acceptors (Lipinski definition) is 5. The zero-order valence-corrected chi connectivity index (χ0v) is 10.7. The molecule has 1 aromatic heterocycles. The summed E-state index contributed by atoms with van der Waals surface area (Å²) in [6.07, 6.45) is 2.10. The van der Waals surface area contributed by atoms with E-state index in [9.17, 15) is 9.90 Å². The first kappa shape index (κ1) is 12.9. The van der Waals surface area contributed by atoms with Crippen LogP contribution in [0.5, 0.6) is 0 Å². The molecular weight excluding hydrogens is 236 g/mol. The van der Waals surface area contributed by atoms with Gasteiger partial charge in [0.25, 0.3) is 0 Å². The summed E-state index contributed by atoms with van der Waals surface area (Å²) in [5.74, 6) is -0.0744. The average molecular weight is 254 g/mol. The fourth-order valence-corrected chi connectivity index (χ4v) is 2.15. The van der Waals surface area contributed by atoms with Crippen molar-refractivity contribution in [1.29, 1.82) is 0 Å². The Kier molecular flexibility index (Phi) is 3.60. The Hall–Kier alpha value is -1.50. The summed E-state index contributed by atoms with van der Waals surface area (Å²) in [5, 5.41) is 20.9. The van der Waals surface area contributed by atoms with Crippen LogP contribution in [0, 0.1) is 0 Å². The number of rotatable bonds is 4. The third kappa shape index (κ3) is 2.10. The molecule has 0 aromatic carbocycles. The normalized spacial score (nSPS) is 20.6. The molecule has 7 nitrogen and oxygen atoms in total. The standard InChI is InChI=1S/C11H18N4O3/c1-3-11(2,10(16)17)15-9(12-13-14-15)8-4-6-18-7-5-8/h8H,3-7H2,1-2H3,(H,16,17). The van der Waals surface area contributed by atoms with Gasteiger partial charge in [0.1, 0.15) is 0 Å². The van der Waals surface area contributed by atoms with E-state index in [0.29, 0.717) is 25.5 Å². The molecule has 0 amide bonds. The molecule has 1 atom stereocenters. The molecule has 1 saturated heterocycles. The molecular formula is C11H18N4O3. The van der Waals surface area contributed by atoms with Gasteiger partial charge >= 0.3 is 5.97 Å². The van der Waals surface area contributed by atoms with Crippen LogP contribution in [-0.2, 0) is 15.1 Å². The lowest BCUT2D eigenvalue weighted by molar-refractivity contribution is -0.147. The smallest absolute Gasteiger partial charge is 0.331 e. The quantitative estimate of drug-likeness (QED) is 0.853. The SMILES string of the molecule is CCC(C)(C(=O)O)n1nnnc1C1CCOCC1. The predicted octanol–water partition coefficient (Wildman–Crippen LogP) is 0.777. The molecule has 1 aliphatic heterocycles. The minimum Gasteiger partial charge on any atom is -0.479 e. The van der Waals surface area contributed by atoms with Gasteiger partial charge in [-0.2, -0.15) is 0 Å². The molecule has 2 heterocycles. The van der Waals surface area contributed by atoms with Crippen molar-refractivity contribution < 1.29 is 14.6 Å². The van der Waals surface area contributed by atoms with E-state index >= 15 is 0 Å². The topological polar surface area (TPSA) is 90.1 Å². The molecule has 0 aliphatic carbocycles. The molecule has 1 N–H and O–H groups in total. The van der Waals surface area contributed by atoms with Crippen LogP contribution in [0.3, 0.4) is 0 Å². The minimum atomic E-state index is -1.09.